The van der Waals surface area contributed by atoms with Crippen LogP contribution in [-0.2, 0) is 4.79 Å². The molecule has 0 heterocycles. The lowest BCUT2D eigenvalue weighted by Crippen LogP contribution is -2.45. The Hall–Kier alpha value is -0.630. The molecule has 2 rings (SSSR count). The van der Waals surface area contributed by atoms with Crippen LogP contribution in [0.1, 0.15) is 66.2 Å². The molecular weight excluding hydrogens is 248 g/mol. The van der Waals surface area contributed by atoms with Crippen LogP contribution in [0.5, 0.6) is 0 Å². The summed E-state index contributed by atoms with van der Waals surface area (Å²) in [6.45, 7) is 8.91. The van der Waals surface area contributed by atoms with Crippen molar-refractivity contribution >= 4 is 5.78 Å². The molecule has 2 heteroatoms. The molecule has 2 aliphatic rings. The van der Waals surface area contributed by atoms with Crippen molar-refractivity contribution in [1.82, 2.24) is 0 Å². The Morgan fingerprint density at radius 2 is 2.10 bits per heavy atom. The number of hydrogen-bond acceptors (Lipinski definition) is 2. The van der Waals surface area contributed by atoms with E-state index in [0.29, 0.717) is 24.0 Å². The van der Waals surface area contributed by atoms with E-state index in [1.165, 1.54) is 12.8 Å². The molecule has 0 aromatic heterocycles. The predicted molar refractivity (Wildman–Crippen MR) is 82.4 cm³/mol. The molecule has 4 atom stereocenters. The van der Waals surface area contributed by atoms with E-state index in [-0.39, 0.29) is 17.4 Å². The van der Waals surface area contributed by atoms with Gasteiger partial charge in [0.05, 0.1) is 0 Å². The van der Waals surface area contributed by atoms with Crippen LogP contribution in [0.3, 0.4) is 0 Å². The van der Waals surface area contributed by atoms with Gasteiger partial charge in [-0.3, -0.25) is 0 Å². The zero-order chi connectivity index (χ0) is 15.0. The van der Waals surface area contributed by atoms with Crippen LogP contribution in [0.15, 0.2) is 11.6 Å². The van der Waals surface area contributed by atoms with E-state index in [4.69, 9.17) is 0 Å². The Morgan fingerprint density at radius 1 is 1.40 bits per heavy atom. The zero-order valence-corrected chi connectivity index (χ0v) is 13.5. The van der Waals surface area contributed by atoms with Crippen LogP contribution in [0.4, 0.5) is 0 Å². The third kappa shape index (κ3) is 2.59. The summed E-state index contributed by atoms with van der Waals surface area (Å²) in [6, 6.07) is 0. The molecule has 114 valence electrons. The van der Waals surface area contributed by atoms with Gasteiger partial charge in [0.1, 0.15) is 5.78 Å². The molecule has 0 aromatic carbocycles. The second-order valence-corrected chi connectivity index (χ2v) is 7.66. The fraction of sp³-hybridized carbons (Fsp3) is 0.833. The summed E-state index contributed by atoms with van der Waals surface area (Å²) in [6.07, 6.45) is 8.65. The minimum Gasteiger partial charge on any atom is -0.396 e. The number of ketones is 1. The molecule has 20 heavy (non-hydrogen) atoms. The fourth-order valence-electron chi connectivity index (χ4n) is 4.42. The number of aliphatic hydroxyl groups excluding tert-OH is 1. The van der Waals surface area contributed by atoms with Gasteiger partial charge in [0.25, 0.3) is 0 Å². The average Bonchev–Trinajstić information content (AvgIpc) is 2.41. The summed E-state index contributed by atoms with van der Waals surface area (Å²) in [4.78, 5) is 11.4. The lowest BCUT2D eigenvalue weighted by atomic mass is 9.52. The Kier molecular flexibility index (Phi) is 4.44. The number of Topliss-reactive ketones (excluding diaryl/α,β-unsaturated/α-hetero) is 1. The maximum absolute atomic E-state index is 11.4. The molecule has 0 spiro atoms. The van der Waals surface area contributed by atoms with Crippen molar-refractivity contribution in [2.45, 2.75) is 66.2 Å². The molecule has 2 nitrogen and oxygen atoms in total. The topological polar surface area (TPSA) is 37.3 Å². The smallest absolute Gasteiger partial charge is 0.129 e. The number of aliphatic hydroxyl groups is 1. The first-order chi connectivity index (χ1) is 9.33. The highest BCUT2D eigenvalue weighted by Gasteiger charge is 2.49. The standard InChI is InChI=1S/C18H30O2/c1-13-7-8-15-16(6-5-10-17(15,3)12-19)18(13,4)11-9-14(2)20/h6,13,15,19H,5,7-12H2,1-4H3/t13-,15+,17-,18+/m1/s1. The summed E-state index contributed by atoms with van der Waals surface area (Å²) in [7, 11) is 0. The fourth-order valence-corrected chi connectivity index (χ4v) is 4.42. The molecule has 1 N–H and O–H groups in total. The van der Waals surface area contributed by atoms with Crippen molar-refractivity contribution in [3.05, 3.63) is 11.6 Å². The van der Waals surface area contributed by atoms with Gasteiger partial charge < -0.3 is 9.90 Å². The van der Waals surface area contributed by atoms with Crippen LogP contribution in [0.2, 0.25) is 0 Å². The monoisotopic (exact) mass is 278 g/mol. The van der Waals surface area contributed by atoms with Crippen molar-refractivity contribution in [2.24, 2.45) is 22.7 Å². The van der Waals surface area contributed by atoms with Crippen LogP contribution < -0.4 is 0 Å². The maximum Gasteiger partial charge on any atom is 0.129 e. The lowest BCUT2D eigenvalue weighted by Gasteiger charge is -2.53. The van der Waals surface area contributed by atoms with E-state index < -0.39 is 0 Å². The third-order valence-electron chi connectivity index (χ3n) is 6.29. The highest BCUT2D eigenvalue weighted by atomic mass is 16.3. The van der Waals surface area contributed by atoms with Crippen molar-refractivity contribution in [3.8, 4) is 0 Å². The van der Waals surface area contributed by atoms with Crippen LogP contribution in [0, 0.1) is 22.7 Å². The van der Waals surface area contributed by atoms with Crippen molar-refractivity contribution in [3.63, 3.8) is 0 Å². The normalized spacial score (nSPS) is 41.0. The third-order valence-corrected chi connectivity index (χ3v) is 6.29. The molecule has 0 bridgehead atoms. The van der Waals surface area contributed by atoms with Gasteiger partial charge in [0.15, 0.2) is 0 Å². The first kappa shape index (κ1) is 15.8. The van der Waals surface area contributed by atoms with Gasteiger partial charge in [0, 0.05) is 13.0 Å². The van der Waals surface area contributed by atoms with Crippen LogP contribution >= 0.6 is 0 Å². The Balaban J connectivity index is 2.31. The second-order valence-electron chi connectivity index (χ2n) is 7.66. The second kappa shape index (κ2) is 5.63. The van der Waals surface area contributed by atoms with E-state index in [2.05, 4.69) is 26.8 Å². The van der Waals surface area contributed by atoms with Gasteiger partial charge in [-0.25, -0.2) is 0 Å². The Bertz CT molecular complexity index is 412. The van der Waals surface area contributed by atoms with Crippen LogP contribution in [0.25, 0.3) is 0 Å². The molecule has 0 unspecified atom stereocenters. The van der Waals surface area contributed by atoms with Gasteiger partial charge >= 0.3 is 0 Å². The highest BCUT2D eigenvalue weighted by molar-refractivity contribution is 5.75. The Labute approximate surface area is 123 Å². The lowest BCUT2D eigenvalue weighted by molar-refractivity contribution is -0.117. The van der Waals surface area contributed by atoms with E-state index in [0.717, 1.165) is 19.3 Å². The maximum atomic E-state index is 11.4. The molecule has 1 fully saturated rings. The van der Waals surface area contributed by atoms with Crippen molar-refractivity contribution in [1.29, 1.82) is 0 Å². The molecule has 2 aliphatic carbocycles. The van der Waals surface area contributed by atoms with Gasteiger partial charge in [-0.2, -0.15) is 0 Å². The number of allylic oxidation sites excluding steroid dienone is 2. The predicted octanol–water partition coefficient (Wildman–Crippen LogP) is 4.13. The van der Waals surface area contributed by atoms with Gasteiger partial charge in [-0.05, 0) is 61.7 Å². The molecular formula is C18H30O2. The molecule has 0 aliphatic heterocycles. The minimum absolute atomic E-state index is 0.0434. The quantitative estimate of drug-likeness (QED) is 0.785. The summed E-state index contributed by atoms with van der Waals surface area (Å²) in [5, 5.41) is 9.86. The molecule has 0 saturated heterocycles. The van der Waals surface area contributed by atoms with Gasteiger partial charge in [0.2, 0.25) is 0 Å². The first-order valence-corrected chi connectivity index (χ1v) is 8.14. The van der Waals surface area contributed by atoms with E-state index >= 15 is 0 Å². The van der Waals surface area contributed by atoms with Crippen molar-refractivity contribution in [2.75, 3.05) is 6.61 Å². The van der Waals surface area contributed by atoms with E-state index in [1.807, 2.05) is 0 Å². The summed E-state index contributed by atoms with van der Waals surface area (Å²) in [5.74, 6) is 1.43. The number of fused-ring (bicyclic) bond motifs is 1. The number of carbonyl (C=O) groups excluding carboxylic acids is 1. The SMILES string of the molecule is CC(=O)CC[C@]1(C)C2=CCC[C@](C)(CO)[C@H]2CC[C@H]1C. The largest absolute Gasteiger partial charge is 0.396 e. The average molecular weight is 278 g/mol. The highest BCUT2D eigenvalue weighted by Crippen LogP contribution is 2.58. The molecule has 0 amide bonds. The minimum atomic E-state index is 0.0434. The number of carbonyl (C=O) groups is 1. The summed E-state index contributed by atoms with van der Waals surface area (Å²) < 4.78 is 0. The van der Waals surface area contributed by atoms with Crippen molar-refractivity contribution < 1.29 is 9.90 Å². The van der Waals surface area contributed by atoms with Gasteiger partial charge in [-0.1, -0.05) is 32.4 Å². The Morgan fingerprint density at radius 3 is 2.70 bits per heavy atom. The molecule has 1 saturated carbocycles. The zero-order valence-electron chi connectivity index (χ0n) is 13.5. The van der Waals surface area contributed by atoms with Crippen LogP contribution in [-0.4, -0.2) is 17.5 Å². The number of rotatable bonds is 4. The van der Waals surface area contributed by atoms with E-state index in [9.17, 15) is 9.90 Å². The number of hydrogen-bond donors (Lipinski definition) is 1. The van der Waals surface area contributed by atoms with Gasteiger partial charge in [-0.15, -0.1) is 0 Å². The molecule has 0 aromatic rings. The molecule has 0 radical (unpaired) electrons. The first-order valence-electron chi connectivity index (χ1n) is 8.14. The van der Waals surface area contributed by atoms with E-state index in [1.54, 1.807) is 12.5 Å². The summed E-state index contributed by atoms with van der Waals surface area (Å²) >= 11 is 0. The summed E-state index contributed by atoms with van der Waals surface area (Å²) in [5.41, 5.74) is 1.73.